The number of anilines is 1. The Morgan fingerprint density at radius 2 is 1.97 bits per heavy atom. The van der Waals surface area contributed by atoms with Crippen LogP contribution in [0.1, 0.15) is 36.3 Å². The van der Waals surface area contributed by atoms with Crippen LogP contribution >= 0.6 is 22.7 Å². The number of nitrogens with one attached hydrogen (secondary N) is 1. The second-order valence-electron chi connectivity index (χ2n) is 8.34. The second-order valence-corrected chi connectivity index (χ2v) is 10.5. The summed E-state index contributed by atoms with van der Waals surface area (Å²) in [5.41, 5.74) is 4.51. The van der Waals surface area contributed by atoms with Crippen molar-refractivity contribution in [2.45, 2.75) is 39.5 Å². The van der Waals surface area contributed by atoms with Crippen LogP contribution in [0.15, 0.2) is 48.5 Å². The Kier molecular flexibility index (Phi) is 5.98. The molecule has 5 rings (SSSR count). The van der Waals surface area contributed by atoms with E-state index in [4.69, 9.17) is 9.72 Å². The topological polar surface area (TPSA) is 51.2 Å². The predicted octanol–water partition coefficient (Wildman–Crippen LogP) is 6.73. The molecule has 1 aliphatic rings. The van der Waals surface area contributed by atoms with Crippen LogP contribution in [0, 0.1) is 5.92 Å². The molecule has 1 amide bonds. The van der Waals surface area contributed by atoms with E-state index in [1.807, 2.05) is 37.3 Å². The molecular formula is C26H26N2O2S2. The van der Waals surface area contributed by atoms with Crippen LogP contribution in [-0.2, 0) is 24.1 Å². The monoisotopic (exact) mass is 462 g/mol. The van der Waals surface area contributed by atoms with Crippen molar-refractivity contribution in [3.05, 3.63) is 64.5 Å². The van der Waals surface area contributed by atoms with Crippen molar-refractivity contribution in [3.63, 3.8) is 0 Å². The highest BCUT2D eigenvalue weighted by molar-refractivity contribution is 7.22. The molecule has 6 heteroatoms. The van der Waals surface area contributed by atoms with Gasteiger partial charge in [0.2, 0.25) is 5.91 Å². The Hall–Kier alpha value is -2.70. The number of carbonyl (C=O) groups excluding carboxylic acids is 1. The van der Waals surface area contributed by atoms with Gasteiger partial charge < -0.3 is 10.1 Å². The van der Waals surface area contributed by atoms with Gasteiger partial charge in [0.1, 0.15) is 15.8 Å². The Bertz CT molecular complexity index is 1220. The number of benzene rings is 2. The minimum absolute atomic E-state index is 0.00293. The Balaban J connectivity index is 1.44. The summed E-state index contributed by atoms with van der Waals surface area (Å²) < 4.78 is 6.68. The molecule has 2 heterocycles. The first kappa shape index (κ1) is 21.2. The third-order valence-electron chi connectivity index (χ3n) is 5.87. The average Bonchev–Trinajstić information content (AvgIpc) is 3.35. The van der Waals surface area contributed by atoms with Crippen molar-refractivity contribution < 1.29 is 9.53 Å². The number of hydrogen-bond acceptors (Lipinski definition) is 5. The van der Waals surface area contributed by atoms with Gasteiger partial charge in [0, 0.05) is 10.4 Å². The van der Waals surface area contributed by atoms with E-state index in [1.165, 1.54) is 21.6 Å². The highest BCUT2D eigenvalue weighted by Crippen LogP contribution is 2.47. The molecule has 32 heavy (non-hydrogen) atoms. The predicted molar refractivity (Wildman–Crippen MR) is 134 cm³/mol. The van der Waals surface area contributed by atoms with Crippen molar-refractivity contribution in [1.29, 1.82) is 0 Å². The summed E-state index contributed by atoms with van der Waals surface area (Å²) in [7, 11) is 0. The van der Waals surface area contributed by atoms with Gasteiger partial charge in [-0.05, 0) is 67.5 Å². The van der Waals surface area contributed by atoms with Crippen molar-refractivity contribution in [3.8, 4) is 16.3 Å². The largest absolute Gasteiger partial charge is 0.494 e. The summed E-state index contributed by atoms with van der Waals surface area (Å²) in [6.45, 7) is 4.91. The van der Waals surface area contributed by atoms with E-state index in [0.29, 0.717) is 18.9 Å². The summed E-state index contributed by atoms with van der Waals surface area (Å²) in [5, 5.41) is 5.18. The number of thiophene rings is 1. The van der Waals surface area contributed by atoms with Crippen molar-refractivity contribution >= 4 is 43.8 Å². The van der Waals surface area contributed by atoms with Gasteiger partial charge in [-0.3, -0.25) is 4.79 Å². The summed E-state index contributed by atoms with van der Waals surface area (Å²) >= 11 is 3.44. The molecule has 0 fully saturated rings. The van der Waals surface area contributed by atoms with Crippen LogP contribution in [-0.4, -0.2) is 17.5 Å². The Morgan fingerprint density at radius 3 is 2.75 bits per heavy atom. The number of thiazole rings is 1. The molecule has 1 aliphatic carbocycles. The van der Waals surface area contributed by atoms with E-state index in [1.54, 1.807) is 22.7 Å². The van der Waals surface area contributed by atoms with Crippen LogP contribution in [0.25, 0.3) is 20.8 Å². The molecule has 0 radical (unpaired) electrons. The van der Waals surface area contributed by atoms with Crippen molar-refractivity contribution in [1.82, 2.24) is 4.98 Å². The van der Waals surface area contributed by atoms with Crippen molar-refractivity contribution in [2.24, 2.45) is 5.92 Å². The number of hydrogen-bond donors (Lipinski definition) is 1. The zero-order valence-corrected chi connectivity index (χ0v) is 19.9. The lowest BCUT2D eigenvalue weighted by atomic mass is 9.88. The smallest absolute Gasteiger partial charge is 0.229 e. The normalized spacial score (nSPS) is 15.5. The number of ether oxygens (including phenoxy) is 1. The molecule has 2 aromatic carbocycles. The van der Waals surface area contributed by atoms with Gasteiger partial charge in [-0.25, -0.2) is 4.98 Å². The Morgan fingerprint density at radius 1 is 1.16 bits per heavy atom. The maximum absolute atomic E-state index is 13.0. The van der Waals surface area contributed by atoms with Crippen LogP contribution in [0.3, 0.4) is 0 Å². The van der Waals surface area contributed by atoms with E-state index < -0.39 is 0 Å². The van der Waals surface area contributed by atoms with E-state index >= 15 is 0 Å². The van der Waals surface area contributed by atoms with Crippen LogP contribution in [0.5, 0.6) is 5.75 Å². The van der Waals surface area contributed by atoms with E-state index in [0.717, 1.165) is 45.2 Å². The number of fused-ring (bicyclic) bond motifs is 2. The lowest BCUT2D eigenvalue weighted by Crippen LogP contribution is -2.14. The third kappa shape index (κ3) is 4.30. The molecule has 0 saturated heterocycles. The van der Waals surface area contributed by atoms with Gasteiger partial charge in [-0.2, -0.15) is 0 Å². The van der Waals surface area contributed by atoms with Gasteiger partial charge >= 0.3 is 0 Å². The fourth-order valence-electron chi connectivity index (χ4n) is 4.27. The summed E-state index contributed by atoms with van der Waals surface area (Å²) in [5.74, 6) is 1.51. The maximum Gasteiger partial charge on any atom is 0.229 e. The summed E-state index contributed by atoms with van der Waals surface area (Å²) in [6.07, 6.45) is 3.64. The number of aromatic nitrogens is 1. The summed E-state index contributed by atoms with van der Waals surface area (Å²) in [6, 6.07) is 16.0. The lowest BCUT2D eigenvalue weighted by molar-refractivity contribution is -0.115. The molecule has 2 aromatic heterocycles. The van der Waals surface area contributed by atoms with Crippen LogP contribution in [0.4, 0.5) is 5.00 Å². The van der Waals surface area contributed by atoms with Crippen LogP contribution in [0.2, 0.25) is 0 Å². The first-order valence-electron chi connectivity index (χ1n) is 11.1. The quantitative estimate of drug-likeness (QED) is 0.346. The standard InChI is InChI=1S/C26H26N2O2S2/c1-3-30-18-11-9-17(10-12-18)15-23(29)28-26-24(19-13-8-16(2)14-22(19)32-26)25-27-20-6-4-5-7-21(20)31-25/h4-7,9-12,16H,3,8,13-15H2,1-2H3,(H,28,29)/t16-/m1/s1. The van der Waals surface area contributed by atoms with E-state index in [9.17, 15) is 4.79 Å². The number of carbonyl (C=O) groups is 1. The first-order chi connectivity index (χ1) is 15.6. The maximum atomic E-state index is 13.0. The summed E-state index contributed by atoms with van der Waals surface area (Å²) in [4.78, 5) is 19.3. The zero-order chi connectivity index (χ0) is 22.1. The van der Waals surface area contributed by atoms with Crippen molar-refractivity contribution in [2.75, 3.05) is 11.9 Å². The zero-order valence-electron chi connectivity index (χ0n) is 18.3. The van der Waals surface area contributed by atoms with E-state index in [-0.39, 0.29) is 5.91 Å². The number of para-hydroxylation sites is 1. The highest BCUT2D eigenvalue weighted by atomic mass is 32.1. The first-order valence-corrected chi connectivity index (χ1v) is 12.8. The van der Waals surface area contributed by atoms with Gasteiger partial charge in [-0.1, -0.05) is 31.2 Å². The lowest BCUT2D eigenvalue weighted by Gasteiger charge is -2.18. The van der Waals surface area contributed by atoms with Gasteiger partial charge in [0.15, 0.2) is 0 Å². The fourth-order valence-corrected chi connectivity index (χ4v) is 6.81. The van der Waals surface area contributed by atoms with E-state index in [2.05, 4.69) is 30.4 Å². The number of rotatable bonds is 6. The number of amides is 1. The fraction of sp³-hybridized carbons (Fsp3) is 0.308. The molecule has 164 valence electrons. The minimum atomic E-state index is 0.00293. The molecular weight excluding hydrogens is 436 g/mol. The highest BCUT2D eigenvalue weighted by Gasteiger charge is 2.27. The molecule has 0 saturated carbocycles. The van der Waals surface area contributed by atoms with Gasteiger partial charge in [0.25, 0.3) is 0 Å². The molecule has 0 spiro atoms. The van der Waals surface area contributed by atoms with Crippen LogP contribution < -0.4 is 10.1 Å². The molecule has 4 aromatic rings. The number of nitrogens with zero attached hydrogens (tertiary/aromatic N) is 1. The minimum Gasteiger partial charge on any atom is -0.494 e. The Labute approximate surface area is 196 Å². The SMILES string of the molecule is CCOc1ccc(CC(=O)Nc2sc3c(c2-c2nc4ccccc4s2)CC[C@@H](C)C3)cc1. The van der Waals surface area contributed by atoms with Gasteiger partial charge in [-0.15, -0.1) is 22.7 Å². The van der Waals surface area contributed by atoms with Gasteiger partial charge in [0.05, 0.1) is 23.2 Å². The molecule has 0 aliphatic heterocycles. The molecule has 1 atom stereocenters. The molecule has 1 N–H and O–H groups in total. The second kappa shape index (κ2) is 9.04. The molecule has 4 nitrogen and oxygen atoms in total. The average molecular weight is 463 g/mol. The molecule has 0 bridgehead atoms. The third-order valence-corrected chi connectivity index (χ3v) is 8.10. The molecule has 0 unspecified atom stereocenters.